The molecule has 1 fully saturated rings. The Morgan fingerprint density at radius 1 is 1.13 bits per heavy atom. The van der Waals surface area contributed by atoms with E-state index >= 15 is 0 Å². The van der Waals surface area contributed by atoms with E-state index in [1.807, 2.05) is 11.8 Å². The standard InChI is InChI=1S/C12H17NS2/c1-14-10-5-4-9(8-11(10)15-2)12(13)6-3-7-12/h4-5,8H,3,6-7,13H2,1-2H3. The van der Waals surface area contributed by atoms with Gasteiger partial charge in [0.25, 0.3) is 0 Å². The molecule has 1 saturated carbocycles. The fourth-order valence-electron chi connectivity index (χ4n) is 1.99. The summed E-state index contributed by atoms with van der Waals surface area (Å²) in [6.07, 6.45) is 7.80. The van der Waals surface area contributed by atoms with Gasteiger partial charge in [-0.05, 0) is 49.5 Å². The SMILES string of the molecule is CSc1ccc(C2(N)CCC2)cc1SC. The summed E-state index contributed by atoms with van der Waals surface area (Å²) in [6, 6.07) is 6.68. The van der Waals surface area contributed by atoms with Crippen molar-refractivity contribution in [2.75, 3.05) is 12.5 Å². The number of benzene rings is 1. The Morgan fingerprint density at radius 3 is 2.27 bits per heavy atom. The number of hydrogen-bond donors (Lipinski definition) is 1. The van der Waals surface area contributed by atoms with Crippen molar-refractivity contribution in [3.63, 3.8) is 0 Å². The maximum atomic E-state index is 6.32. The Morgan fingerprint density at radius 2 is 1.80 bits per heavy atom. The summed E-state index contributed by atoms with van der Waals surface area (Å²) in [5, 5.41) is 0. The Kier molecular flexibility index (Phi) is 3.33. The number of thioether (sulfide) groups is 2. The molecule has 1 aromatic carbocycles. The molecular formula is C12H17NS2. The zero-order valence-electron chi connectivity index (χ0n) is 9.25. The number of rotatable bonds is 3. The molecule has 15 heavy (non-hydrogen) atoms. The van der Waals surface area contributed by atoms with Crippen LogP contribution in [0.1, 0.15) is 24.8 Å². The minimum absolute atomic E-state index is 0.0264. The summed E-state index contributed by atoms with van der Waals surface area (Å²) in [5.41, 5.74) is 7.61. The molecule has 0 aliphatic heterocycles. The van der Waals surface area contributed by atoms with Gasteiger partial charge in [0.05, 0.1) is 0 Å². The van der Waals surface area contributed by atoms with Crippen LogP contribution in [-0.2, 0) is 5.54 Å². The average molecular weight is 239 g/mol. The molecular weight excluding hydrogens is 222 g/mol. The third-order valence-electron chi connectivity index (χ3n) is 3.20. The van der Waals surface area contributed by atoms with Crippen LogP contribution in [0.25, 0.3) is 0 Å². The van der Waals surface area contributed by atoms with Crippen molar-refractivity contribution in [3.05, 3.63) is 23.8 Å². The molecule has 2 N–H and O–H groups in total. The van der Waals surface area contributed by atoms with Crippen molar-refractivity contribution in [1.29, 1.82) is 0 Å². The summed E-state index contributed by atoms with van der Waals surface area (Å²) in [4.78, 5) is 2.71. The first-order valence-corrected chi connectivity index (χ1v) is 7.66. The predicted molar refractivity (Wildman–Crippen MR) is 69.7 cm³/mol. The van der Waals surface area contributed by atoms with Crippen LogP contribution in [-0.4, -0.2) is 12.5 Å². The van der Waals surface area contributed by atoms with Crippen molar-refractivity contribution >= 4 is 23.5 Å². The van der Waals surface area contributed by atoms with Crippen LogP contribution < -0.4 is 5.73 Å². The maximum absolute atomic E-state index is 6.32. The molecule has 0 bridgehead atoms. The van der Waals surface area contributed by atoms with Crippen molar-refractivity contribution < 1.29 is 0 Å². The van der Waals surface area contributed by atoms with E-state index in [0.29, 0.717) is 0 Å². The van der Waals surface area contributed by atoms with Crippen LogP contribution in [0.15, 0.2) is 28.0 Å². The highest BCUT2D eigenvalue weighted by atomic mass is 32.2. The number of nitrogens with two attached hydrogens (primary N) is 1. The molecule has 1 aliphatic carbocycles. The van der Waals surface area contributed by atoms with Gasteiger partial charge in [0, 0.05) is 15.3 Å². The molecule has 0 atom stereocenters. The normalized spacial score (nSPS) is 18.6. The Labute approximate surface area is 100 Å². The molecule has 3 heteroatoms. The summed E-state index contributed by atoms with van der Waals surface area (Å²) in [5.74, 6) is 0. The maximum Gasteiger partial charge on any atom is 0.0410 e. The van der Waals surface area contributed by atoms with Gasteiger partial charge in [-0.2, -0.15) is 0 Å². The van der Waals surface area contributed by atoms with E-state index in [9.17, 15) is 0 Å². The fourth-order valence-corrected chi connectivity index (χ4v) is 3.47. The molecule has 1 aromatic rings. The quantitative estimate of drug-likeness (QED) is 0.818. The first kappa shape index (κ1) is 11.4. The van der Waals surface area contributed by atoms with Crippen LogP contribution in [0, 0.1) is 0 Å². The van der Waals surface area contributed by atoms with E-state index in [4.69, 9.17) is 5.73 Å². The van der Waals surface area contributed by atoms with Crippen LogP contribution in [0.2, 0.25) is 0 Å². The molecule has 1 nitrogen and oxygen atoms in total. The summed E-state index contributed by atoms with van der Waals surface area (Å²) >= 11 is 3.61. The molecule has 82 valence electrons. The molecule has 0 radical (unpaired) electrons. The van der Waals surface area contributed by atoms with E-state index < -0.39 is 0 Å². The molecule has 0 heterocycles. The van der Waals surface area contributed by atoms with E-state index in [0.717, 1.165) is 12.8 Å². The molecule has 0 aromatic heterocycles. The molecule has 0 saturated heterocycles. The topological polar surface area (TPSA) is 26.0 Å². The number of hydrogen-bond acceptors (Lipinski definition) is 3. The van der Waals surface area contributed by atoms with Gasteiger partial charge in [0.15, 0.2) is 0 Å². The second kappa shape index (κ2) is 4.40. The van der Waals surface area contributed by atoms with Gasteiger partial charge in [-0.25, -0.2) is 0 Å². The van der Waals surface area contributed by atoms with E-state index in [-0.39, 0.29) is 5.54 Å². The van der Waals surface area contributed by atoms with Crippen LogP contribution in [0.3, 0.4) is 0 Å². The van der Waals surface area contributed by atoms with Gasteiger partial charge in [0.1, 0.15) is 0 Å². The summed E-state index contributed by atoms with van der Waals surface area (Å²) in [7, 11) is 0. The average Bonchev–Trinajstić information content (AvgIpc) is 2.25. The lowest BCUT2D eigenvalue weighted by molar-refractivity contribution is 0.253. The Bertz CT molecular complexity index is 359. The van der Waals surface area contributed by atoms with Crippen molar-refractivity contribution in [3.8, 4) is 0 Å². The second-order valence-electron chi connectivity index (χ2n) is 4.08. The van der Waals surface area contributed by atoms with Gasteiger partial charge in [-0.1, -0.05) is 6.07 Å². The third kappa shape index (κ3) is 2.05. The Balaban J connectivity index is 2.34. The van der Waals surface area contributed by atoms with Gasteiger partial charge in [-0.15, -0.1) is 23.5 Å². The highest BCUT2D eigenvalue weighted by Gasteiger charge is 2.34. The first-order chi connectivity index (χ1) is 7.19. The molecule has 2 rings (SSSR count). The lowest BCUT2D eigenvalue weighted by Gasteiger charge is -2.39. The fraction of sp³-hybridized carbons (Fsp3) is 0.500. The monoisotopic (exact) mass is 239 g/mol. The minimum atomic E-state index is -0.0264. The van der Waals surface area contributed by atoms with Crippen molar-refractivity contribution in [1.82, 2.24) is 0 Å². The molecule has 0 amide bonds. The van der Waals surface area contributed by atoms with Gasteiger partial charge < -0.3 is 5.73 Å². The van der Waals surface area contributed by atoms with E-state index in [1.54, 1.807) is 11.8 Å². The third-order valence-corrected chi connectivity index (χ3v) is 4.91. The van der Waals surface area contributed by atoms with Gasteiger partial charge in [-0.3, -0.25) is 0 Å². The molecule has 1 aliphatic rings. The lowest BCUT2D eigenvalue weighted by atomic mass is 9.73. The van der Waals surface area contributed by atoms with Gasteiger partial charge >= 0.3 is 0 Å². The lowest BCUT2D eigenvalue weighted by Crippen LogP contribution is -2.43. The largest absolute Gasteiger partial charge is 0.321 e. The molecule has 0 spiro atoms. The Hall–Kier alpha value is -0.120. The smallest absolute Gasteiger partial charge is 0.0410 e. The summed E-state index contributed by atoms with van der Waals surface area (Å²) < 4.78 is 0. The van der Waals surface area contributed by atoms with E-state index in [1.165, 1.54) is 21.8 Å². The predicted octanol–water partition coefficient (Wildman–Crippen LogP) is 3.47. The second-order valence-corrected chi connectivity index (χ2v) is 5.78. The summed E-state index contributed by atoms with van der Waals surface area (Å²) in [6.45, 7) is 0. The minimum Gasteiger partial charge on any atom is -0.321 e. The van der Waals surface area contributed by atoms with Crippen LogP contribution in [0.4, 0.5) is 0 Å². The van der Waals surface area contributed by atoms with Crippen molar-refractivity contribution in [2.24, 2.45) is 5.73 Å². The van der Waals surface area contributed by atoms with Crippen molar-refractivity contribution in [2.45, 2.75) is 34.6 Å². The van der Waals surface area contributed by atoms with E-state index in [2.05, 4.69) is 30.7 Å². The first-order valence-electron chi connectivity index (χ1n) is 5.21. The zero-order valence-corrected chi connectivity index (χ0v) is 10.9. The zero-order chi connectivity index (χ0) is 10.9. The van der Waals surface area contributed by atoms with Crippen LogP contribution in [0.5, 0.6) is 0 Å². The highest BCUT2D eigenvalue weighted by molar-refractivity contribution is 8.01. The van der Waals surface area contributed by atoms with Crippen LogP contribution >= 0.6 is 23.5 Å². The van der Waals surface area contributed by atoms with Gasteiger partial charge in [0.2, 0.25) is 0 Å². The molecule has 0 unspecified atom stereocenters. The highest BCUT2D eigenvalue weighted by Crippen LogP contribution is 2.41.